The molecule has 0 aromatic heterocycles. The Hall–Kier alpha value is -0.890. The highest BCUT2D eigenvalue weighted by molar-refractivity contribution is 5.26. The summed E-state index contributed by atoms with van der Waals surface area (Å²) in [6.45, 7) is 4.37. The average Bonchev–Trinajstić information content (AvgIpc) is 3.15. The van der Waals surface area contributed by atoms with E-state index in [9.17, 15) is 4.39 Å². The van der Waals surface area contributed by atoms with Gasteiger partial charge in [0, 0.05) is 12.5 Å². The molecule has 2 heteroatoms. The molecular formula is C15H20FN. The Bertz CT molecular complexity index is 413. The minimum absolute atomic E-state index is 0.0342. The van der Waals surface area contributed by atoms with E-state index in [1.165, 1.54) is 19.3 Å². The van der Waals surface area contributed by atoms with Gasteiger partial charge in [-0.05, 0) is 48.8 Å². The molecule has 1 saturated carbocycles. The first-order chi connectivity index (χ1) is 8.22. The highest BCUT2D eigenvalue weighted by Crippen LogP contribution is 2.56. The van der Waals surface area contributed by atoms with Gasteiger partial charge in [-0.15, -0.1) is 0 Å². The van der Waals surface area contributed by atoms with Crippen LogP contribution >= 0.6 is 0 Å². The normalized spacial score (nSPS) is 33.6. The van der Waals surface area contributed by atoms with Crippen LogP contribution in [0.1, 0.15) is 37.7 Å². The lowest BCUT2D eigenvalue weighted by atomic mass is 9.66. The van der Waals surface area contributed by atoms with Crippen LogP contribution in [0.15, 0.2) is 24.3 Å². The van der Waals surface area contributed by atoms with E-state index in [-0.39, 0.29) is 5.82 Å². The molecule has 1 aromatic carbocycles. The minimum atomic E-state index is -0.0342. The molecule has 1 N–H and O–H groups in total. The van der Waals surface area contributed by atoms with Crippen LogP contribution < -0.4 is 5.32 Å². The summed E-state index contributed by atoms with van der Waals surface area (Å²) in [6, 6.07) is 7.30. The van der Waals surface area contributed by atoms with Gasteiger partial charge in [0.15, 0.2) is 0 Å². The van der Waals surface area contributed by atoms with E-state index in [1.807, 2.05) is 12.1 Å². The number of hydrogen-bond donors (Lipinski definition) is 1. The second-order valence-electron chi connectivity index (χ2n) is 5.81. The second-order valence-corrected chi connectivity index (χ2v) is 5.81. The van der Waals surface area contributed by atoms with Crippen LogP contribution in [-0.2, 0) is 0 Å². The Morgan fingerprint density at radius 1 is 1.29 bits per heavy atom. The van der Waals surface area contributed by atoms with Gasteiger partial charge in [-0.25, -0.2) is 4.39 Å². The fraction of sp³-hybridized carbons (Fsp3) is 0.600. The van der Waals surface area contributed by atoms with E-state index < -0.39 is 0 Å². The Balaban J connectivity index is 1.96. The van der Waals surface area contributed by atoms with Crippen LogP contribution in [0.3, 0.4) is 0 Å². The molecule has 0 radical (unpaired) electrons. The van der Waals surface area contributed by atoms with Gasteiger partial charge in [0.05, 0.1) is 0 Å². The molecule has 1 aliphatic heterocycles. The number of benzene rings is 1. The summed E-state index contributed by atoms with van der Waals surface area (Å²) < 4.78 is 14.0. The molecule has 2 aliphatic rings. The minimum Gasteiger partial charge on any atom is -0.316 e. The van der Waals surface area contributed by atoms with Gasteiger partial charge in [0.1, 0.15) is 5.82 Å². The Labute approximate surface area is 102 Å². The van der Waals surface area contributed by atoms with E-state index in [2.05, 4.69) is 12.2 Å². The Morgan fingerprint density at radius 3 is 2.76 bits per heavy atom. The van der Waals surface area contributed by atoms with Crippen molar-refractivity contribution in [2.75, 3.05) is 13.1 Å². The zero-order valence-corrected chi connectivity index (χ0v) is 10.4. The number of nitrogens with one attached hydrogen (secondary N) is 1. The monoisotopic (exact) mass is 233 g/mol. The largest absolute Gasteiger partial charge is 0.316 e. The maximum absolute atomic E-state index is 14.0. The molecule has 3 rings (SSSR count). The fourth-order valence-corrected chi connectivity index (χ4v) is 3.47. The van der Waals surface area contributed by atoms with E-state index in [0.717, 1.165) is 24.6 Å². The highest BCUT2D eigenvalue weighted by atomic mass is 19.1. The van der Waals surface area contributed by atoms with Crippen molar-refractivity contribution in [2.24, 2.45) is 11.3 Å². The van der Waals surface area contributed by atoms with Crippen molar-refractivity contribution in [1.82, 2.24) is 5.32 Å². The molecule has 2 unspecified atom stereocenters. The summed E-state index contributed by atoms with van der Waals surface area (Å²) in [5, 5.41) is 3.43. The van der Waals surface area contributed by atoms with Crippen molar-refractivity contribution in [3.63, 3.8) is 0 Å². The van der Waals surface area contributed by atoms with Crippen LogP contribution in [0, 0.1) is 17.2 Å². The van der Waals surface area contributed by atoms with Crippen LogP contribution in [0.4, 0.5) is 4.39 Å². The van der Waals surface area contributed by atoms with Crippen molar-refractivity contribution in [1.29, 1.82) is 0 Å². The topological polar surface area (TPSA) is 12.0 Å². The summed E-state index contributed by atoms with van der Waals surface area (Å²) in [4.78, 5) is 0. The van der Waals surface area contributed by atoms with E-state index in [0.29, 0.717) is 11.3 Å². The number of piperidine rings is 1. The molecule has 0 amide bonds. The van der Waals surface area contributed by atoms with Gasteiger partial charge in [0.25, 0.3) is 0 Å². The number of halogens is 1. The maximum atomic E-state index is 14.0. The van der Waals surface area contributed by atoms with Crippen molar-refractivity contribution < 1.29 is 4.39 Å². The average molecular weight is 233 g/mol. The third-order valence-electron chi connectivity index (χ3n) is 4.78. The Kier molecular flexibility index (Phi) is 2.70. The molecule has 92 valence electrons. The molecule has 1 heterocycles. The molecule has 1 aliphatic carbocycles. The van der Waals surface area contributed by atoms with E-state index in [1.54, 1.807) is 12.1 Å². The summed E-state index contributed by atoms with van der Waals surface area (Å²) in [7, 11) is 0. The molecule has 0 spiro atoms. The Morgan fingerprint density at radius 2 is 2.06 bits per heavy atom. The lowest BCUT2D eigenvalue weighted by Crippen LogP contribution is -2.43. The van der Waals surface area contributed by atoms with Gasteiger partial charge in [-0.2, -0.15) is 0 Å². The summed E-state index contributed by atoms with van der Waals surface area (Å²) >= 11 is 0. The smallest absolute Gasteiger partial charge is 0.126 e. The van der Waals surface area contributed by atoms with Crippen molar-refractivity contribution >= 4 is 0 Å². The van der Waals surface area contributed by atoms with Gasteiger partial charge < -0.3 is 5.32 Å². The van der Waals surface area contributed by atoms with Crippen molar-refractivity contribution in [3.05, 3.63) is 35.6 Å². The second kappa shape index (κ2) is 4.09. The standard InChI is InChI=1S/C15H20FN/c1-15(11-6-7-11)8-9-17-10-13(15)12-4-2-3-5-14(12)16/h2-5,11,13,17H,6-10H2,1H3. The zero-order chi connectivity index (χ0) is 11.9. The third kappa shape index (κ3) is 1.89. The van der Waals surface area contributed by atoms with E-state index in [4.69, 9.17) is 0 Å². The summed E-state index contributed by atoms with van der Waals surface area (Å²) in [5.41, 5.74) is 1.21. The molecule has 1 aromatic rings. The van der Waals surface area contributed by atoms with Crippen LogP contribution in [-0.4, -0.2) is 13.1 Å². The molecular weight excluding hydrogens is 213 g/mol. The molecule has 0 bridgehead atoms. The zero-order valence-electron chi connectivity index (χ0n) is 10.4. The molecule has 2 fully saturated rings. The SMILES string of the molecule is CC1(C2CC2)CCNCC1c1ccccc1F. The van der Waals surface area contributed by atoms with Crippen LogP contribution in [0.5, 0.6) is 0 Å². The van der Waals surface area contributed by atoms with Gasteiger partial charge in [-0.1, -0.05) is 25.1 Å². The lowest BCUT2D eigenvalue weighted by molar-refractivity contribution is 0.152. The predicted molar refractivity (Wildman–Crippen MR) is 67.5 cm³/mol. The number of rotatable bonds is 2. The molecule has 17 heavy (non-hydrogen) atoms. The maximum Gasteiger partial charge on any atom is 0.126 e. The van der Waals surface area contributed by atoms with Crippen molar-refractivity contribution in [3.8, 4) is 0 Å². The van der Waals surface area contributed by atoms with Gasteiger partial charge in [0.2, 0.25) is 0 Å². The van der Waals surface area contributed by atoms with E-state index >= 15 is 0 Å². The molecule has 1 nitrogen and oxygen atoms in total. The first kappa shape index (κ1) is 11.2. The van der Waals surface area contributed by atoms with Crippen LogP contribution in [0.25, 0.3) is 0 Å². The molecule has 2 atom stereocenters. The van der Waals surface area contributed by atoms with Crippen LogP contribution in [0.2, 0.25) is 0 Å². The quantitative estimate of drug-likeness (QED) is 0.826. The molecule has 1 saturated heterocycles. The van der Waals surface area contributed by atoms with Crippen molar-refractivity contribution in [2.45, 2.75) is 32.1 Å². The van der Waals surface area contributed by atoms with Gasteiger partial charge in [-0.3, -0.25) is 0 Å². The predicted octanol–water partition coefficient (Wildman–Crippen LogP) is 3.32. The summed E-state index contributed by atoms with van der Waals surface area (Å²) in [5.74, 6) is 1.12. The lowest BCUT2D eigenvalue weighted by Gasteiger charge is -2.43. The first-order valence-corrected chi connectivity index (χ1v) is 6.67. The number of hydrogen-bond acceptors (Lipinski definition) is 1. The summed E-state index contributed by atoms with van der Waals surface area (Å²) in [6.07, 6.45) is 3.85. The first-order valence-electron chi connectivity index (χ1n) is 6.67. The fourth-order valence-electron chi connectivity index (χ4n) is 3.47. The van der Waals surface area contributed by atoms with Gasteiger partial charge >= 0.3 is 0 Å². The highest BCUT2D eigenvalue weighted by Gasteiger charge is 2.48. The third-order valence-corrected chi connectivity index (χ3v) is 4.78.